The van der Waals surface area contributed by atoms with Gasteiger partial charge in [0.1, 0.15) is 11.4 Å². The van der Waals surface area contributed by atoms with Crippen molar-refractivity contribution in [2.24, 2.45) is 0 Å². The van der Waals surface area contributed by atoms with Gasteiger partial charge in [-0.05, 0) is 36.6 Å². The maximum Gasteiger partial charge on any atom is 0.284 e. The summed E-state index contributed by atoms with van der Waals surface area (Å²) in [5.41, 5.74) is 2.53. The minimum absolute atomic E-state index is 0.195. The van der Waals surface area contributed by atoms with Gasteiger partial charge in [0.15, 0.2) is 0 Å². The summed E-state index contributed by atoms with van der Waals surface area (Å²) in [7, 11) is 0. The highest BCUT2D eigenvalue weighted by Gasteiger charge is 2.12. The summed E-state index contributed by atoms with van der Waals surface area (Å²) in [6, 6.07) is 11.5. The molecule has 0 aliphatic rings. The van der Waals surface area contributed by atoms with Gasteiger partial charge in [-0.3, -0.25) is 0 Å². The minimum Gasteiger partial charge on any atom is -0.408 e. The number of pyridine rings is 2. The summed E-state index contributed by atoms with van der Waals surface area (Å²) in [6.07, 6.45) is 0. The first-order chi connectivity index (χ1) is 12.7. The lowest BCUT2D eigenvalue weighted by Gasteiger charge is -2.05. The van der Waals surface area contributed by atoms with Gasteiger partial charge in [0, 0.05) is 10.8 Å². The molecule has 26 heavy (non-hydrogen) atoms. The van der Waals surface area contributed by atoms with Gasteiger partial charge in [-0.1, -0.05) is 24.3 Å². The zero-order chi connectivity index (χ0) is 17.7. The van der Waals surface area contributed by atoms with E-state index in [0.717, 1.165) is 10.8 Å². The molecule has 2 N–H and O–H groups in total. The molecule has 0 radical (unpaired) electrons. The van der Waals surface area contributed by atoms with Gasteiger partial charge in [0.2, 0.25) is 0 Å². The molecular formula is C16H8N6O2S2. The zero-order valence-electron chi connectivity index (χ0n) is 12.9. The summed E-state index contributed by atoms with van der Waals surface area (Å²) in [4.78, 5) is 9.71. The summed E-state index contributed by atoms with van der Waals surface area (Å²) < 4.78 is 10.7. The van der Waals surface area contributed by atoms with Crippen LogP contribution in [-0.4, -0.2) is 30.4 Å². The Morgan fingerprint density at radius 1 is 0.654 bits per heavy atom. The second-order valence-corrected chi connectivity index (χ2v) is 6.18. The number of aromatic nitrogens is 6. The molecule has 0 saturated heterocycles. The van der Waals surface area contributed by atoms with Crippen LogP contribution in [0.3, 0.4) is 0 Å². The van der Waals surface area contributed by atoms with E-state index in [4.69, 9.17) is 33.3 Å². The first-order valence-electron chi connectivity index (χ1n) is 7.50. The highest BCUT2D eigenvalue weighted by Crippen LogP contribution is 2.27. The van der Waals surface area contributed by atoms with E-state index in [9.17, 15) is 0 Å². The number of H-pyrrole nitrogens is 2. The van der Waals surface area contributed by atoms with Gasteiger partial charge in [-0.15, -0.1) is 10.2 Å². The summed E-state index contributed by atoms with van der Waals surface area (Å²) in [6.45, 7) is 0. The number of fused-ring (bicyclic) bond motifs is 3. The Morgan fingerprint density at radius 3 is 1.46 bits per heavy atom. The smallest absolute Gasteiger partial charge is 0.284 e. The van der Waals surface area contributed by atoms with Gasteiger partial charge in [-0.2, -0.15) is 0 Å². The fourth-order valence-electron chi connectivity index (χ4n) is 2.68. The highest BCUT2D eigenvalue weighted by atomic mass is 32.1. The van der Waals surface area contributed by atoms with Crippen molar-refractivity contribution in [2.75, 3.05) is 0 Å². The van der Waals surface area contributed by atoms with Gasteiger partial charge >= 0.3 is 0 Å². The highest BCUT2D eigenvalue weighted by molar-refractivity contribution is 7.71. The molecule has 0 spiro atoms. The Labute approximate surface area is 154 Å². The Kier molecular flexibility index (Phi) is 3.27. The molecule has 8 nitrogen and oxygen atoms in total. The fourth-order valence-corrected chi connectivity index (χ4v) is 2.93. The predicted octanol–water partition coefficient (Wildman–Crippen LogP) is 4.21. The van der Waals surface area contributed by atoms with Crippen molar-refractivity contribution in [1.29, 1.82) is 0 Å². The lowest BCUT2D eigenvalue weighted by molar-refractivity contribution is 0.549. The van der Waals surface area contributed by atoms with Gasteiger partial charge in [-0.25, -0.2) is 20.2 Å². The topological polar surface area (TPSA) is 109 Å². The summed E-state index contributed by atoms with van der Waals surface area (Å²) in [5.74, 6) is 0.645. The Hall–Kier alpha value is -3.24. The minimum atomic E-state index is 0.195. The molecular weight excluding hydrogens is 372 g/mol. The van der Waals surface area contributed by atoms with Crippen LogP contribution in [0.2, 0.25) is 0 Å². The zero-order valence-corrected chi connectivity index (χ0v) is 14.5. The van der Waals surface area contributed by atoms with Crippen LogP contribution >= 0.6 is 24.4 Å². The van der Waals surface area contributed by atoms with Gasteiger partial charge in [0.25, 0.3) is 21.5 Å². The number of aromatic amines is 2. The molecule has 10 heteroatoms. The maximum atomic E-state index is 5.35. The SMILES string of the molecule is S=c1[nH]nc(-c2ccc3ccc4ccc(-c5n[nH]c(=S)o5)nc4c3n2)o1. The molecule has 0 fully saturated rings. The molecule has 0 unspecified atom stereocenters. The van der Waals surface area contributed by atoms with Crippen molar-refractivity contribution >= 4 is 46.2 Å². The van der Waals surface area contributed by atoms with E-state index in [2.05, 4.69) is 30.4 Å². The van der Waals surface area contributed by atoms with Crippen molar-refractivity contribution in [3.8, 4) is 23.2 Å². The molecule has 0 aliphatic heterocycles. The average molecular weight is 380 g/mol. The fraction of sp³-hybridized carbons (Fsp3) is 0. The predicted molar refractivity (Wildman–Crippen MR) is 98.4 cm³/mol. The normalized spacial score (nSPS) is 11.4. The number of benzene rings is 1. The molecule has 0 saturated carbocycles. The van der Waals surface area contributed by atoms with Crippen LogP contribution in [-0.2, 0) is 0 Å². The quantitative estimate of drug-likeness (QED) is 0.346. The molecule has 0 amide bonds. The average Bonchev–Trinajstić information content (AvgIpc) is 3.29. The van der Waals surface area contributed by atoms with Crippen molar-refractivity contribution in [2.45, 2.75) is 0 Å². The van der Waals surface area contributed by atoms with E-state index >= 15 is 0 Å². The molecule has 1 aromatic carbocycles. The molecule has 126 valence electrons. The Balaban J connectivity index is 1.78. The largest absolute Gasteiger partial charge is 0.408 e. The summed E-state index contributed by atoms with van der Waals surface area (Å²) >= 11 is 9.85. The lowest BCUT2D eigenvalue weighted by atomic mass is 10.1. The van der Waals surface area contributed by atoms with E-state index in [0.29, 0.717) is 34.2 Å². The Bertz CT molecular complexity index is 1290. The van der Waals surface area contributed by atoms with E-state index in [1.165, 1.54) is 0 Å². The van der Waals surface area contributed by atoms with Gasteiger partial charge in [0.05, 0.1) is 11.0 Å². The third-order valence-electron chi connectivity index (χ3n) is 3.83. The molecule has 0 atom stereocenters. The standard InChI is InChI=1S/C16H8N6O2S2/c25-15-21-19-13(23-15)9-5-3-7-1-2-8-4-6-10(14-20-22-16(26)24-14)18-12(8)11(7)17-9/h1-6H,(H,21,25)(H,22,26). The van der Waals surface area contributed by atoms with E-state index in [1.54, 1.807) is 0 Å². The van der Waals surface area contributed by atoms with Gasteiger partial charge < -0.3 is 8.83 Å². The Morgan fingerprint density at radius 2 is 1.08 bits per heavy atom. The number of nitrogens with one attached hydrogen (secondary N) is 2. The molecule has 5 aromatic rings. The number of hydrogen-bond donors (Lipinski definition) is 2. The first kappa shape index (κ1) is 15.0. The van der Waals surface area contributed by atoms with Crippen molar-refractivity contribution in [3.63, 3.8) is 0 Å². The van der Waals surface area contributed by atoms with E-state index < -0.39 is 0 Å². The molecule has 4 heterocycles. The molecule has 0 bridgehead atoms. The molecule has 0 aliphatic carbocycles. The second kappa shape index (κ2) is 5.64. The number of hydrogen-bond acceptors (Lipinski definition) is 8. The third-order valence-corrected chi connectivity index (χ3v) is 4.18. The van der Waals surface area contributed by atoms with Crippen LogP contribution in [0.5, 0.6) is 0 Å². The van der Waals surface area contributed by atoms with Crippen LogP contribution < -0.4 is 0 Å². The first-order valence-corrected chi connectivity index (χ1v) is 8.31. The maximum absolute atomic E-state index is 5.35. The van der Waals surface area contributed by atoms with Crippen LogP contribution in [0.4, 0.5) is 0 Å². The number of rotatable bonds is 2. The number of nitrogens with zero attached hydrogens (tertiary/aromatic N) is 4. The molecule has 5 rings (SSSR count). The molecule has 4 aromatic heterocycles. The van der Waals surface area contributed by atoms with Crippen molar-refractivity contribution < 1.29 is 8.83 Å². The monoisotopic (exact) mass is 380 g/mol. The van der Waals surface area contributed by atoms with Crippen molar-refractivity contribution in [1.82, 2.24) is 30.4 Å². The van der Waals surface area contributed by atoms with Crippen LogP contribution in [0.1, 0.15) is 0 Å². The van der Waals surface area contributed by atoms with Crippen LogP contribution in [0, 0.1) is 9.67 Å². The van der Waals surface area contributed by atoms with E-state index in [1.807, 2.05) is 36.4 Å². The summed E-state index contributed by atoms with van der Waals surface area (Å²) in [5, 5.41) is 15.1. The van der Waals surface area contributed by atoms with Crippen LogP contribution in [0.15, 0.2) is 45.2 Å². The lowest BCUT2D eigenvalue weighted by Crippen LogP contribution is -1.91. The van der Waals surface area contributed by atoms with Crippen LogP contribution in [0.25, 0.3) is 45.0 Å². The second-order valence-electron chi connectivity index (χ2n) is 5.44. The third kappa shape index (κ3) is 2.43. The van der Waals surface area contributed by atoms with E-state index in [-0.39, 0.29) is 9.67 Å². The van der Waals surface area contributed by atoms with Crippen molar-refractivity contribution in [3.05, 3.63) is 46.1 Å².